The zero-order chi connectivity index (χ0) is 52.8. The van der Waals surface area contributed by atoms with Crippen LogP contribution in [0.4, 0.5) is 0 Å². The molecule has 1 atom stereocenters. The summed E-state index contributed by atoms with van der Waals surface area (Å²) in [4.78, 5) is 0. The second-order valence-electron chi connectivity index (χ2n) is 34.4. The van der Waals surface area contributed by atoms with E-state index in [2.05, 4.69) is 55.4 Å². The average molecular weight is 1060 g/mol. The molecule has 35 rings (SSSR count). The minimum Gasteiger partial charge on any atom is -0.306 e. The molecule has 3 spiro atoms. The van der Waals surface area contributed by atoms with Gasteiger partial charge in [-0.05, 0) is 400 Å². The van der Waals surface area contributed by atoms with E-state index in [0.29, 0.717) is 0 Å². The molecule has 2 radical (unpaired) electrons. The first kappa shape index (κ1) is 36.2. The molecule has 28 aromatic rings. The van der Waals surface area contributed by atoms with Crippen LogP contribution < -0.4 is 5.32 Å². The van der Waals surface area contributed by atoms with E-state index in [9.17, 15) is 0 Å². The Balaban J connectivity index is 1.03. The number of hydrogen-bond acceptors (Lipinski definition) is 3. The van der Waals surface area contributed by atoms with Gasteiger partial charge in [-0.1, -0.05) is 0 Å². The van der Waals surface area contributed by atoms with Crippen molar-refractivity contribution < 1.29 is 10.4 Å². The number of piperidine rings is 2. The van der Waals surface area contributed by atoms with Crippen LogP contribution >= 0.6 is 0 Å². The molecule has 84 heavy (non-hydrogen) atoms. The van der Waals surface area contributed by atoms with Crippen LogP contribution in [0.3, 0.4) is 0 Å². The van der Waals surface area contributed by atoms with Crippen LogP contribution in [0.1, 0.15) is 103 Å². The molecule has 28 aromatic carbocycles. The molecule has 1 N–H and O–H groups in total. The summed E-state index contributed by atoms with van der Waals surface area (Å²) in [6.45, 7) is 18.4. The molecule has 3 aliphatic heterocycles. The monoisotopic (exact) mass is 1060 g/mol. The molecule has 3 heterocycles. The van der Waals surface area contributed by atoms with Crippen molar-refractivity contribution in [3.8, 4) is 0 Å². The Morgan fingerprint density at radius 1 is 0.262 bits per heavy atom. The van der Waals surface area contributed by atoms with Crippen LogP contribution in [0.2, 0.25) is 0 Å². The van der Waals surface area contributed by atoms with Gasteiger partial charge in [0.05, 0.1) is 10.8 Å². The average Bonchev–Trinajstić information content (AvgIpc) is 1.38. The summed E-state index contributed by atoms with van der Waals surface area (Å²) < 4.78 is 0. The predicted molar refractivity (Wildman–Crippen MR) is 347 cm³/mol. The highest BCUT2D eigenvalue weighted by atomic mass is 16.5. The van der Waals surface area contributed by atoms with Crippen molar-refractivity contribution in [3.05, 3.63) is 22.3 Å². The number of nitrogens with zero attached hydrogens (tertiary/aromatic N) is 2. The van der Waals surface area contributed by atoms with E-state index in [1.165, 1.54) is 5.06 Å². The quantitative estimate of drug-likeness (QED) is 0.167. The Kier molecular flexibility index (Phi) is 3.52. The Morgan fingerprint density at radius 3 is 0.655 bits per heavy atom. The van der Waals surface area contributed by atoms with E-state index in [1.54, 1.807) is 318 Å². The van der Waals surface area contributed by atoms with Gasteiger partial charge < -0.3 is 5.32 Å². The van der Waals surface area contributed by atoms with E-state index < -0.39 is 38.5 Å². The fourth-order valence-electron chi connectivity index (χ4n) is 31.1. The van der Waals surface area contributed by atoms with Gasteiger partial charge in [0.25, 0.3) is 0 Å². The molecule has 5 heteroatoms. The topological polar surface area (TPSA) is 58.3 Å². The summed E-state index contributed by atoms with van der Waals surface area (Å²) in [5.74, 6) is 0.164. The lowest BCUT2D eigenvalue weighted by atomic mass is 9.40. The van der Waals surface area contributed by atoms with Gasteiger partial charge in [-0.25, -0.2) is 0 Å². The number of benzene rings is 18. The minimum atomic E-state index is -0.689. The summed E-state index contributed by atoms with van der Waals surface area (Å²) in [5.41, 5.74) is 2.47. The van der Waals surface area contributed by atoms with Gasteiger partial charge in [0.1, 0.15) is 0 Å². The van der Waals surface area contributed by atoms with Gasteiger partial charge in [0, 0.05) is 33.7 Å². The standard InChI is InChI=1S/C79H35N3O2/c1-73(2)9-13(10-74(3,4)81(73)83)72-78-68-60-52-42-32-24-16-14-15-18-22-20(16)28-36-30(22)40-34-26(18)27-19(15)23-21-17(14)25(24)33-39-29(21)37-31(23)41-35(27)45-44(34)56-50(40)58-48(36)54(46(52)38(28)32)62(68)64(58)70-66(56)67-57(45)51(41)59-49(37)55-47(39)53(43(33)42)61(60)69(78)63(55)65(59)71(67)79(70,78)77(80-72)11-75(5,6)82(84)76(7,8)12-77/h13,72,80H,9-12H2,1-8H3. The molecule has 3 saturated heterocycles. The van der Waals surface area contributed by atoms with E-state index in [1.807, 2.05) is 0 Å². The fraction of sp³-hybridized carbons (Fsp3) is 0.266. The summed E-state index contributed by atoms with van der Waals surface area (Å²) in [6, 6.07) is -0.0229. The zero-order valence-corrected chi connectivity index (χ0v) is 46.7. The van der Waals surface area contributed by atoms with Crippen molar-refractivity contribution in [2.24, 2.45) is 5.92 Å². The van der Waals surface area contributed by atoms with Crippen LogP contribution in [-0.2, 0) is 21.2 Å². The number of hydrogen-bond donors (Lipinski definition) is 1. The lowest BCUT2D eigenvalue weighted by Crippen LogP contribution is -2.72. The number of nitrogens with one attached hydrogen (secondary N) is 1. The van der Waals surface area contributed by atoms with Gasteiger partial charge in [-0.3, -0.25) is 0 Å². The van der Waals surface area contributed by atoms with E-state index >= 15 is 10.4 Å². The maximum atomic E-state index is 15.7. The molecule has 3 fully saturated rings. The lowest BCUT2D eigenvalue weighted by Gasteiger charge is -2.63. The third-order valence-corrected chi connectivity index (χ3v) is 30.7. The van der Waals surface area contributed by atoms with E-state index in [4.69, 9.17) is 5.32 Å². The number of rotatable bonds is 1. The van der Waals surface area contributed by atoms with Crippen molar-refractivity contribution in [1.82, 2.24) is 15.4 Å². The largest absolute Gasteiger partial charge is 0.306 e. The molecular formula is C79H35N3O2. The second-order valence-corrected chi connectivity index (χ2v) is 34.4. The first-order chi connectivity index (χ1) is 40.6. The molecular weight excluding hydrogens is 1020 g/mol. The van der Waals surface area contributed by atoms with E-state index in [-0.39, 0.29) is 12.0 Å². The van der Waals surface area contributed by atoms with Crippen LogP contribution in [-0.4, -0.2) is 43.9 Å². The van der Waals surface area contributed by atoms with E-state index in [0.717, 1.165) is 25.7 Å². The minimum absolute atomic E-state index is 0.0229. The summed E-state index contributed by atoms with van der Waals surface area (Å²) in [7, 11) is 0. The highest BCUT2D eigenvalue weighted by Crippen LogP contribution is 2.88. The molecule has 378 valence electrons. The smallest absolute Gasteiger partial charge is 0.0564 e. The molecule has 1 unspecified atom stereocenters. The van der Waals surface area contributed by atoms with Gasteiger partial charge in [-0.2, -0.15) is 0 Å². The lowest BCUT2D eigenvalue weighted by molar-refractivity contribution is -0.300. The number of hydroxylamine groups is 4. The Morgan fingerprint density at radius 2 is 0.440 bits per heavy atom. The summed E-state index contributed by atoms with van der Waals surface area (Å²) >= 11 is 0. The van der Waals surface area contributed by atoms with Crippen molar-refractivity contribution in [3.63, 3.8) is 0 Å². The maximum absolute atomic E-state index is 15.7. The van der Waals surface area contributed by atoms with Crippen molar-refractivity contribution in [2.45, 2.75) is 126 Å². The molecule has 4 aliphatic carbocycles. The van der Waals surface area contributed by atoms with Crippen molar-refractivity contribution in [2.75, 3.05) is 0 Å². The Hall–Kier alpha value is -7.74. The molecule has 0 saturated carbocycles. The second kappa shape index (κ2) is 8.18. The Bertz CT molecular complexity index is 7610. The zero-order valence-electron chi connectivity index (χ0n) is 46.7. The normalized spacial score (nSPS) is 25.4. The third-order valence-electron chi connectivity index (χ3n) is 30.7. The van der Waals surface area contributed by atoms with Gasteiger partial charge in [0.2, 0.25) is 0 Å². The molecule has 5 nitrogen and oxygen atoms in total. The first-order valence-corrected chi connectivity index (χ1v) is 32.1. The molecule has 7 aliphatic rings. The predicted octanol–water partition coefficient (Wildman–Crippen LogP) is 19.6. The molecule has 0 aromatic heterocycles. The molecule has 0 amide bonds. The van der Waals surface area contributed by atoms with Crippen molar-refractivity contribution in [1.29, 1.82) is 0 Å². The van der Waals surface area contributed by atoms with Gasteiger partial charge in [-0.15, -0.1) is 20.5 Å². The highest BCUT2D eigenvalue weighted by molar-refractivity contribution is 6.82. The first-order valence-electron chi connectivity index (χ1n) is 32.1. The fourth-order valence-corrected chi connectivity index (χ4v) is 31.1. The SMILES string of the molecule is CC1(C)CC(C2NC3(CC(C)(C)N([O])C(C)(C)C3)C34c5c6c7c8c9c%10c(c%11c%12c3c3c5c5c%13c6c6c7c7c9c9c%14c%10c%10c%11c%11c%12c%12c3c3c5c5c%13c%13c6c6c7c9c7c9c%14c%10c%10c%11c%11c%12c3c3c5c5c%13c6c7c6c9c%10c%11c3c56)C824)CC(C)(C)N1[O]. The Labute approximate surface area is 467 Å². The molecule has 0 bridgehead atoms. The summed E-state index contributed by atoms with van der Waals surface area (Å²) in [5, 5.41) is 126. The van der Waals surface area contributed by atoms with Gasteiger partial charge in [0.15, 0.2) is 0 Å². The van der Waals surface area contributed by atoms with Crippen LogP contribution in [0, 0.1) is 5.92 Å². The highest BCUT2D eigenvalue weighted by Gasteiger charge is 2.84. The van der Waals surface area contributed by atoms with Crippen LogP contribution in [0.15, 0.2) is 0 Å². The summed E-state index contributed by atoms with van der Waals surface area (Å²) in [6.07, 6.45) is 3.13. The van der Waals surface area contributed by atoms with Crippen molar-refractivity contribution >= 4 is 291 Å². The van der Waals surface area contributed by atoms with Crippen LogP contribution in [0.25, 0.3) is 291 Å². The third kappa shape index (κ3) is 2.10. The van der Waals surface area contributed by atoms with Gasteiger partial charge >= 0.3 is 0 Å². The van der Waals surface area contributed by atoms with Crippen LogP contribution in [0.5, 0.6) is 0 Å². The maximum Gasteiger partial charge on any atom is 0.0564 e.